The van der Waals surface area contributed by atoms with Gasteiger partial charge in [0.25, 0.3) is 5.56 Å². The van der Waals surface area contributed by atoms with Crippen LogP contribution < -0.4 is 15.0 Å². The number of esters is 1. The lowest BCUT2D eigenvalue weighted by atomic mass is 9.81. The maximum absolute atomic E-state index is 12.9. The molecule has 1 aromatic heterocycles. The van der Waals surface area contributed by atoms with Crippen LogP contribution in [0.25, 0.3) is 11.0 Å². The number of fused-ring (bicyclic) bond motifs is 1. The minimum Gasteiger partial charge on any atom is -0.497 e. The molecule has 192 valence electrons. The molecule has 3 aromatic rings. The minimum atomic E-state index is -1.48. The highest BCUT2D eigenvalue weighted by molar-refractivity contribution is 6.42. The van der Waals surface area contributed by atoms with Gasteiger partial charge in [0.2, 0.25) is 11.5 Å². The van der Waals surface area contributed by atoms with Crippen LogP contribution in [0.3, 0.4) is 0 Å². The van der Waals surface area contributed by atoms with Crippen molar-refractivity contribution in [3.8, 4) is 11.5 Å². The maximum Gasteiger partial charge on any atom is 0.363 e. The Bertz CT molecular complexity index is 1330. The summed E-state index contributed by atoms with van der Waals surface area (Å²) >= 11 is 12.0. The normalized spacial score (nSPS) is 22.0. The molecule has 3 atom stereocenters. The summed E-state index contributed by atoms with van der Waals surface area (Å²) in [6.07, 6.45) is 0.346. The number of carbonyl (C=O) groups is 1. The van der Waals surface area contributed by atoms with Crippen molar-refractivity contribution in [1.82, 2.24) is 14.9 Å². The second-order valence-corrected chi connectivity index (χ2v) is 9.90. The lowest BCUT2D eigenvalue weighted by Gasteiger charge is -2.43. The average molecular weight is 536 g/mol. The van der Waals surface area contributed by atoms with Crippen molar-refractivity contribution in [2.75, 3.05) is 27.7 Å². The highest BCUT2D eigenvalue weighted by Gasteiger charge is 2.46. The molecule has 1 heterocycles. The molecule has 0 bridgehead atoms. The quantitative estimate of drug-likeness (QED) is 0.346. The van der Waals surface area contributed by atoms with Crippen LogP contribution in [0.5, 0.6) is 11.5 Å². The molecule has 3 unspecified atom stereocenters. The van der Waals surface area contributed by atoms with Gasteiger partial charge in [-0.2, -0.15) is 0 Å². The molecular formula is C25H27Cl2N3O6. The highest BCUT2D eigenvalue weighted by Crippen LogP contribution is 2.38. The first-order valence-electron chi connectivity index (χ1n) is 11.4. The van der Waals surface area contributed by atoms with Gasteiger partial charge in [0, 0.05) is 24.9 Å². The van der Waals surface area contributed by atoms with Crippen LogP contribution in [-0.2, 0) is 4.74 Å². The molecule has 9 nitrogen and oxygen atoms in total. The molecule has 0 saturated heterocycles. The van der Waals surface area contributed by atoms with Crippen molar-refractivity contribution in [1.29, 1.82) is 0 Å². The molecule has 0 spiro atoms. The van der Waals surface area contributed by atoms with Gasteiger partial charge < -0.3 is 29.2 Å². The molecule has 0 amide bonds. The van der Waals surface area contributed by atoms with E-state index in [0.29, 0.717) is 41.9 Å². The second kappa shape index (κ2) is 10.6. The van der Waals surface area contributed by atoms with E-state index in [1.165, 1.54) is 12.1 Å². The zero-order chi connectivity index (χ0) is 26.0. The van der Waals surface area contributed by atoms with E-state index >= 15 is 0 Å². The Kier molecular flexibility index (Phi) is 7.75. The lowest BCUT2D eigenvalue weighted by molar-refractivity contribution is -0.212. The zero-order valence-corrected chi connectivity index (χ0v) is 21.6. The summed E-state index contributed by atoms with van der Waals surface area (Å²) in [5.74, 6) is -1.62. The Balaban J connectivity index is 1.52. The van der Waals surface area contributed by atoms with Gasteiger partial charge in [-0.25, -0.2) is 9.78 Å². The Morgan fingerprint density at radius 1 is 1.22 bits per heavy atom. The fourth-order valence-corrected chi connectivity index (χ4v) is 4.71. The van der Waals surface area contributed by atoms with Gasteiger partial charge in [-0.15, -0.1) is 0 Å². The van der Waals surface area contributed by atoms with Crippen molar-refractivity contribution >= 4 is 40.2 Å². The Morgan fingerprint density at radius 3 is 2.67 bits per heavy atom. The van der Waals surface area contributed by atoms with Crippen LogP contribution in [0.2, 0.25) is 10.0 Å². The highest BCUT2D eigenvalue weighted by atomic mass is 35.5. The van der Waals surface area contributed by atoms with Crippen LogP contribution >= 0.6 is 23.2 Å². The third-order valence-electron chi connectivity index (χ3n) is 6.13. The molecular weight excluding hydrogens is 509 g/mol. The van der Waals surface area contributed by atoms with E-state index in [1.54, 1.807) is 31.4 Å². The zero-order valence-electron chi connectivity index (χ0n) is 20.1. The predicted octanol–water partition coefficient (Wildman–Crippen LogP) is 3.89. The Labute approximate surface area is 217 Å². The number of methoxy groups -OCH3 is 1. The van der Waals surface area contributed by atoms with Crippen LogP contribution in [-0.4, -0.2) is 65.6 Å². The Morgan fingerprint density at radius 2 is 1.94 bits per heavy atom. The number of nitrogens with one attached hydrogen (secondary N) is 1. The number of nitrogens with zero attached hydrogens (tertiary/aromatic N) is 2. The fourth-order valence-electron chi connectivity index (χ4n) is 4.39. The number of H-pyrrole nitrogens is 1. The van der Waals surface area contributed by atoms with E-state index in [2.05, 4.69) is 9.97 Å². The topological polar surface area (TPSA) is 114 Å². The molecule has 1 aliphatic rings. The number of aromatic nitrogens is 2. The van der Waals surface area contributed by atoms with E-state index in [1.807, 2.05) is 19.0 Å². The van der Waals surface area contributed by atoms with Crippen molar-refractivity contribution in [2.45, 2.75) is 31.2 Å². The first kappa shape index (κ1) is 26.2. The predicted molar refractivity (Wildman–Crippen MR) is 136 cm³/mol. The third kappa shape index (κ3) is 5.75. The molecule has 1 fully saturated rings. The van der Waals surface area contributed by atoms with Crippen molar-refractivity contribution in [2.24, 2.45) is 5.92 Å². The van der Waals surface area contributed by atoms with Gasteiger partial charge in [-0.3, -0.25) is 4.79 Å². The molecule has 2 N–H and O–H groups in total. The molecule has 1 aliphatic carbocycles. The standard InChI is InChI=1S/C25H27Cl2N3O6/c1-30(2)13-14-9-16(7-8-25(14,33)36-17-6-4-5-15(10-17)34-3)35-24(32)22-23(31)29-21-12-19(27)18(26)11-20(21)28-22/h4-6,10-12,14,16,33H,7-9,13H2,1-3H3,(H,29,31). The van der Waals surface area contributed by atoms with E-state index < -0.39 is 23.4 Å². The fraction of sp³-hybridized carbons (Fsp3) is 0.400. The van der Waals surface area contributed by atoms with Gasteiger partial charge in [-0.1, -0.05) is 29.3 Å². The number of aliphatic hydroxyl groups is 1. The first-order chi connectivity index (χ1) is 17.1. The number of hydrogen-bond donors (Lipinski definition) is 2. The van der Waals surface area contributed by atoms with Crippen LogP contribution in [0.1, 0.15) is 29.8 Å². The van der Waals surface area contributed by atoms with Crippen LogP contribution in [0.15, 0.2) is 41.2 Å². The summed E-state index contributed by atoms with van der Waals surface area (Å²) in [5.41, 5.74) is -0.400. The van der Waals surface area contributed by atoms with E-state index in [4.69, 9.17) is 37.4 Å². The number of halogens is 2. The molecule has 4 rings (SSSR count). The van der Waals surface area contributed by atoms with E-state index in [0.717, 1.165) is 0 Å². The van der Waals surface area contributed by atoms with Gasteiger partial charge in [-0.05, 0) is 51.2 Å². The summed E-state index contributed by atoms with van der Waals surface area (Å²) < 4.78 is 17.0. The lowest BCUT2D eigenvalue weighted by Crippen LogP contribution is -2.53. The Hall–Kier alpha value is -2.85. The molecule has 2 aromatic carbocycles. The van der Waals surface area contributed by atoms with Crippen molar-refractivity contribution < 1.29 is 24.1 Å². The first-order valence-corrected chi connectivity index (χ1v) is 12.1. The van der Waals surface area contributed by atoms with E-state index in [-0.39, 0.29) is 28.1 Å². The maximum atomic E-state index is 12.9. The van der Waals surface area contributed by atoms with Crippen molar-refractivity contribution in [3.05, 3.63) is 62.5 Å². The number of carbonyl (C=O) groups excluding carboxylic acids is 1. The van der Waals surface area contributed by atoms with E-state index in [9.17, 15) is 14.7 Å². The summed E-state index contributed by atoms with van der Waals surface area (Å²) in [6.45, 7) is 0.489. The number of ether oxygens (including phenoxy) is 3. The third-order valence-corrected chi connectivity index (χ3v) is 6.85. The van der Waals surface area contributed by atoms with Crippen molar-refractivity contribution in [3.63, 3.8) is 0 Å². The summed E-state index contributed by atoms with van der Waals surface area (Å²) in [6, 6.07) is 9.95. The van der Waals surface area contributed by atoms with Gasteiger partial charge >= 0.3 is 5.97 Å². The SMILES string of the molecule is COc1cccc(OC2(O)CCC(OC(=O)c3nc4cc(Cl)c(Cl)cc4[nH]c3=O)CC2CN(C)C)c1. The monoisotopic (exact) mass is 535 g/mol. The molecule has 11 heteroatoms. The van der Waals surface area contributed by atoms with Gasteiger partial charge in [0.05, 0.1) is 28.2 Å². The molecule has 0 aliphatic heterocycles. The smallest absolute Gasteiger partial charge is 0.363 e. The number of benzene rings is 2. The minimum absolute atomic E-state index is 0.219. The summed E-state index contributed by atoms with van der Waals surface area (Å²) in [4.78, 5) is 34.1. The molecule has 1 saturated carbocycles. The van der Waals surface area contributed by atoms with Crippen LogP contribution in [0, 0.1) is 5.92 Å². The van der Waals surface area contributed by atoms with Crippen LogP contribution in [0.4, 0.5) is 0 Å². The van der Waals surface area contributed by atoms with Gasteiger partial charge in [0.15, 0.2) is 0 Å². The average Bonchev–Trinajstić information content (AvgIpc) is 2.82. The number of rotatable bonds is 7. The summed E-state index contributed by atoms with van der Waals surface area (Å²) in [7, 11) is 5.33. The molecule has 36 heavy (non-hydrogen) atoms. The second-order valence-electron chi connectivity index (χ2n) is 9.08. The largest absolute Gasteiger partial charge is 0.497 e. The number of aromatic amines is 1. The molecule has 0 radical (unpaired) electrons. The van der Waals surface area contributed by atoms with Gasteiger partial charge in [0.1, 0.15) is 17.6 Å². The number of hydrogen-bond acceptors (Lipinski definition) is 8. The summed E-state index contributed by atoms with van der Waals surface area (Å²) in [5, 5.41) is 12.0.